The van der Waals surface area contributed by atoms with E-state index < -0.39 is 0 Å². The molecule has 0 unspecified atom stereocenters. The molecular formula is C20H17N3O2. The monoisotopic (exact) mass is 331 g/mol. The molecule has 1 heterocycles. The summed E-state index contributed by atoms with van der Waals surface area (Å²) in [5.74, 6) is -0.236. The summed E-state index contributed by atoms with van der Waals surface area (Å²) in [6.45, 7) is 2.05. The molecule has 25 heavy (non-hydrogen) atoms. The van der Waals surface area contributed by atoms with Crippen molar-refractivity contribution < 1.29 is 4.79 Å². The predicted molar refractivity (Wildman–Crippen MR) is 97.3 cm³/mol. The average molecular weight is 331 g/mol. The summed E-state index contributed by atoms with van der Waals surface area (Å²) < 4.78 is 1.63. The minimum Gasteiger partial charge on any atom is -0.325 e. The van der Waals surface area contributed by atoms with Crippen LogP contribution in [-0.4, -0.2) is 10.5 Å². The third-order valence-electron chi connectivity index (χ3n) is 4.07. The number of pyridine rings is 1. The number of nitrogens with one attached hydrogen (secondary N) is 1. The van der Waals surface area contributed by atoms with Crippen molar-refractivity contribution in [2.75, 3.05) is 5.32 Å². The van der Waals surface area contributed by atoms with Gasteiger partial charge in [-0.3, -0.25) is 9.59 Å². The number of nitrogens with zero attached hydrogens (tertiary/aromatic N) is 2. The fraction of sp³-hybridized carbons (Fsp3) is 0.150. The second-order valence-electron chi connectivity index (χ2n) is 5.80. The zero-order chi connectivity index (χ0) is 17.8. The Kier molecular flexibility index (Phi) is 4.62. The molecular weight excluding hydrogens is 314 g/mol. The fourth-order valence-corrected chi connectivity index (χ4v) is 2.81. The van der Waals surface area contributed by atoms with Gasteiger partial charge in [0.05, 0.1) is 16.8 Å². The van der Waals surface area contributed by atoms with Crippen molar-refractivity contribution in [3.05, 3.63) is 76.1 Å². The number of benzene rings is 2. The Labute approximate surface area is 145 Å². The van der Waals surface area contributed by atoms with E-state index in [9.17, 15) is 9.59 Å². The Bertz CT molecular complexity index is 1040. The molecule has 0 spiro atoms. The predicted octanol–water partition coefficient (Wildman–Crippen LogP) is 3.21. The van der Waals surface area contributed by atoms with E-state index in [1.54, 1.807) is 35.8 Å². The van der Waals surface area contributed by atoms with Gasteiger partial charge in [0.25, 0.3) is 5.56 Å². The van der Waals surface area contributed by atoms with Gasteiger partial charge >= 0.3 is 0 Å². The second kappa shape index (κ2) is 7.02. The number of carbonyl (C=O) groups excluding carboxylic acids is 1. The summed E-state index contributed by atoms with van der Waals surface area (Å²) in [6.07, 6.45) is 0.146. The molecule has 5 heteroatoms. The number of anilines is 1. The number of aromatic nitrogens is 1. The Hall–Kier alpha value is -3.39. The second-order valence-corrected chi connectivity index (χ2v) is 5.80. The Morgan fingerprint density at radius 1 is 1.16 bits per heavy atom. The number of hydrogen-bond donors (Lipinski definition) is 1. The minimum atomic E-state index is -0.236. The SMILES string of the molecule is Cc1cc2ccccc2n(CCC(=O)Nc2ccccc2C#N)c1=O. The van der Waals surface area contributed by atoms with E-state index in [1.807, 2.05) is 36.4 Å². The van der Waals surface area contributed by atoms with Gasteiger partial charge in [-0.2, -0.15) is 5.26 Å². The molecule has 0 atom stereocenters. The Morgan fingerprint density at radius 2 is 1.88 bits per heavy atom. The number of para-hydroxylation sites is 2. The summed E-state index contributed by atoms with van der Waals surface area (Å²) in [5.41, 5.74) is 2.26. The first-order valence-corrected chi connectivity index (χ1v) is 7.98. The van der Waals surface area contributed by atoms with E-state index in [-0.39, 0.29) is 24.4 Å². The van der Waals surface area contributed by atoms with Gasteiger partial charge in [-0.05, 0) is 36.6 Å². The zero-order valence-corrected chi connectivity index (χ0v) is 13.8. The average Bonchev–Trinajstić information content (AvgIpc) is 2.62. The highest BCUT2D eigenvalue weighted by Crippen LogP contribution is 2.15. The van der Waals surface area contributed by atoms with Crippen molar-refractivity contribution >= 4 is 22.5 Å². The van der Waals surface area contributed by atoms with Crippen LogP contribution in [0.5, 0.6) is 0 Å². The van der Waals surface area contributed by atoms with Crippen molar-refractivity contribution in [2.24, 2.45) is 0 Å². The number of fused-ring (bicyclic) bond motifs is 1. The molecule has 1 amide bonds. The van der Waals surface area contributed by atoms with E-state index >= 15 is 0 Å². The van der Waals surface area contributed by atoms with Crippen LogP contribution < -0.4 is 10.9 Å². The lowest BCUT2D eigenvalue weighted by atomic mass is 10.1. The lowest BCUT2D eigenvalue weighted by molar-refractivity contribution is -0.116. The van der Waals surface area contributed by atoms with Crippen LogP contribution >= 0.6 is 0 Å². The number of rotatable bonds is 4. The van der Waals surface area contributed by atoms with Crippen LogP contribution in [0.25, 0.3) is 10.9 Å². The fourth-order valence-electron chi connectivity index (χ4n) is 2.81. The molecule has 0 aliphatic carbocycles. The van der Waals surface area contributed by atoms with Crippen molar-refractivity contribution in [1.29, 1.82) is 5.26 Å². The maximum Gasteiger partial charge on any atom is 0.253 e. The molecule has 124 valence electrons. The first kappa shape index (κ1) is 16.5. The Morgan fingerprint density at radius 3 is 2.68 bits per heavy atom. The van der Waals surface area contributed by atoms with Gasteiger partial charge in [-0.15, -0.1) is 0 Å². The van der Waals surface area contributed by atoms with E-state index in [0.717, 1.165) is 10.9 Å². The molecule has 0 saturated heterocycles. The van der Waals surface area contributed by atoms with Crippen LogP contribution in [0.4, 0.5) is 5.69 Å². The number of carbonyl (C=O) groups is 1. The third kappa shape index (κ3) is 3.43. The van der Waals surface area contributed by atoms with Crippen LogP contribution in [0, 0.1) is 18.3 Å². The zero-order valence-electron chi connectivity index (χ0n) is 13.8. The van der Waals surface area contributed by atoms with Crippen LogP contribution in [0.3, 0.4) is 0 Å². The van der Waals surface area contributed by atoms with Crippen molar-refractivity contribution in [1.82, 2.24) is 4.57 Å². The van der Waals surface area contributed by atoms with Crippen molar-refractivity contribution in [3.8, 4) is 6.07 Å². The van der Waals surface area contributed by atoms with E-state index in [4.69, 9.17) is 5.26 Å². The summed E-state index contributed by atoms with van der Waals surface area (Å²) in [6, 6.07) is 18.3. The van der Waals surface area contributed by atoms with Crippen molar-refractivity contribution in [2.45, 2.75) is 19.9 Å². The maximum absolute atomic E-state index is 12.4. The van der Waals surface area contributed by atoms with Gasteiger partial charge in [0.1, 0.15) is 6.07 Å². The molecule has 0 saturated carbocycles. The van der Waals surface area contributed by atoms with Crippen LogP contribution in [0.1, 0.15) is 17.5 Å². The van der Waals surface area contributed by atoms with Gasteiger partial charge < -0.3 is 9.88 Å². The maximum atomic E-state index is 12.4. The first-order chi connectivity index (χ1) is 12.1. The standard InChI is InChI=1S/C20H17N3O2/c1-14-12-15-6-3-5-9-18(15)23(20(14)25)11-10-19(24)22-17-8-4-2-7-16(17)13-21/h2-9,12H,10-11H2,1H3,(H,22,24). The smallest absolute Gasteiger partial charge is 0.253 e. The van der Waals surface area contributed by atoms with Crippen LogP contribution in [0.2, 0.25) is 0 Å². The highest BCUT2D eigenvalue weighted by molar-refractivity contribution is 5.92. The van der Waals surface area contributed by atoms with Gasteiger partial charge in [0.15, 0.2) is 0 Å². The highest BCUT2D eigenvalue weighted by atomic mass is 16.1. The quantitative estimate of drug-likeness (QED) is 0.797. The molecule has 0 aliphatic heterocycles. The molecule has 1 aromatic heterocycles. The molecule has 0 aliphatic rings. The first-order valence-electron chi connectivity index (χ1n) is 7.98. The lowest BCUT2D eigenvalue weighted by Gasteiger charge is -2.12. The molecule has 0 bridgehead atoms. The van der Waals surface area contributed by atoms with E-state index in [0.29, 0.717) is 16.8 Å². The number of nitriles is 1. The summed E-state index contributed by atoms with van der Waals surface area (Å²) in [7, 11) is 0. The summed E-state index contributed by atoms with van der Waals surface area (Å²) in [4.78, 5) is 24.7. The molecule has 2 aromatic carbocycles. The molecule has 5 nitrogen and oxygen atoms in total. The van der Waals surface area contributed by atoms with Gasteiger partial charge in [-0.25, -0.2) is 0 Å². The molecule has 3 rings (SSSR count). The number of hydrogen-bond acceptors (Lipinski definition) is 3. The van der Waals surface area contributed by atoms with Gasteiger partial charge in [0, 0.05) is 18.5 Å². The number of aryl methyl sites for hydroxylation is 2. The number of amides is 1. The normalized spacial score (nSPS) is 10.4. The minimum absolute atomic E-state index is 0.0936. The van der Waals surface area contributed by atoms with E-state index in [2.05, 4.69) is 5.32 Å². The van der Waals surface area contributed by atoms with E-state index in [1.165, 1.54) is 0 Å². The van der Waals surface area contributed by atoms with Gasteiger partial charge in [0.2, 0.25) is 5.91 Å². The van der Waals surface area contributed by atoms with Crippen LogP contribution in [0.15, 0.2) is 59.4 Å². The van der Waals surface area contributed by atoms with Gasteiger partial charge in [-0.1, -0.05) is 30.3 Å². The topological polar surface area (TPSA) is 74.9 Å². The lowest BCUT2D eigenvalue weighted by Crippen LogP contribution is -2.25. The molecule has 3 aromatic rings. The molecule has 0 radical (unpaired) electrons. The van der Waals surface area contributed by atoms with Crippen LogP contribution in [-0.2, 0) is 11.3 Å². The molecule has 0 fully saturated rings. The third-order valence-corrected chi connectivity index (χ3v) is 4.07. The largest absolute Gasteiger partial charge is 0.325 e. The van der Waals surface area contributed by atoms with Crippen molar-refractivity contribution in [3.63, 3.8) is 0 Å². The molecule has 1 N–H and O–H groups in total. The summed E-state index contributed by atoms with van der Waals surface area (Å²) in [5, 5.41) is 12.8. The summed E-state index contributed by atoms with van der Waals surface area (Å²) >= 11 is 0. The Balaban J connectivity index is 1.81. The highest BCUT2D eigenvalue weighted by Gasteiger charge is 2.10.